The molecule has 0 aromatic heterocycles. The van der Waals surface area contributed by atoms with Crippen LogP contribution in [0, 0.1) is 0 Å². The summed E-state index contributed by atoms with van der Waals surface area (Å²) in [6.45, 7) is 7.64. The summed E-state index contributed by atoms with van der Waals surface area (Å²) in [4.78, 5) is 29.6. The molecule has 0 aliphatic carbocycles. The molecule has 218 valence electrons. The van der Waals surface area contributed by atoms with Crippen molar-refractivity contribution in [1.29, 1.82) is 0 Å². The number of nitrogens with one attached hydrogen (secondary N) is 1. The molecule has 0 radical (unpaired) electrons. The number of morpholine rings is 1. The summed E-state index contributed by atoms with van der Waals surface area (Å²) in [5.41, 5.74) is 3.03. The van der Waals surface area contributed by atoms with Crippen molar-refractivity contribution < 1.29 is 28.5 Å². The molecule has 9 nitrogen and oxygen atoms in total. The number of esters is 1. The highest BCUT2D eigenvalue weighted by atomic mass is 16.5. The molecule has 0 atom stereocenters. The third-order valence-electron chi connectivity index (χ3n) is 6.78. The summed E-state index contributed by atoms with van der Waals surface area (Å²) in [6, 6.07) is 22.2. The molecule has 0 unspecified atom stereocenters. The topological polar surface area (TPSA) is 89.6 Å². The zero-order chi connectivity index (χ0) is 28.9. The van der Waals surface area contributed by atoms with E-state index in [-0.39, 0.29) is 12.0 Å². The van der Waals surface area contributed by atoms with Gasteiger partial charge in [0.2, 0.25) is 0 Å². The Labute approximate surface area is 241 Å². The molecule has 1 aliphatic rings. The van der Waals surface area contributed by atoms with Gasteiger partial charge in [0.15, 0.2) is 11.5 Å². The second-order valence-corrected chi connectivity index (χ2v) is 9.72. The molecule has 1 saturated heterocycles. The first kappa shape index (κ1) is 29.9. The predicted molar refractivity (Wildman–Crippen MR) is 157 cm³/mol. The van der Waals surface area contributed by atoms with E-state index in [9.17, 15) is 9.59 Å². The van der Waals surface area contributed by atoms with Crippen LogP contribution in [0.3, 0.4) is 0 Å². The number of methoxy groups -OCH3 is 1. The molecule has 1 fully saturated rings. The van der Waals surface area contributed by atoms with Crippen molar-refractivity contribution in [2.24, 2.45) is 0 Å². The van der Waals surface area contributed by atoms with Crippen molar-refractivity contribution in [3.8, 4) is 11.5 Å². The van der Waals surface area contributed by atoms with E-state index < -0.39 is 0 Å². The number of amides is 2. The van der Waals surface area contributed by atoms with E-state index in [4.69, 9.17) is 18.9 Å². The van der Waals surface area contributed by atoms with Crippen LogP contribution in [0.15, 0.2) is 72.8 Å². The first-order valence-corrected chi connectivity index (χ1v) is 14.0. The Kier molecular flexibility index (Phi) is 11.4. The minimum atomic E-state index is -0.389. The Morgan fingerprint density at radius 3 is 2.41 bits per heavy atom. The van der Waals surface area contributed by atoms with Crippen molar-refractivity contribution in [2.45, 2.75) is 26.5 Å². The summed E-state index contributed by atoms with van der Waals surface area (Å²) in [5.74, 6) is 0.868. The van der Waals surface area contributed by atoms with Crippen molar-refractivity contribution >= 4 is 17.7 Å². The molecule has 1 N–H and O–H groups in total. The van der Waals surface area contributed by atoms with Gasteiger partial charge >= 0.3 is 12.0 Å². The van der Waals surface area contributed by atoms with Crippen LogP contribution in [-0.4, -0.2) is 74.9 Å². The Bertz CT molecular complexity index is 1250. The second kappa shape index (κ2) is 15.6. The van der Waals surface area contributed by atoms with Crippen LogP contribution in [0.1, 0.15) is 34.8 Å². The molecule has 3 aromatic rings. The van der Waals surface area contributed by atoms with Crippen molar-refractivity contribution in [3.05, 3.63) is 89.5 Å². The van der Waals surface area contributed by atoms with Gasteiger partial charge in [0.1, 0.15) is 6.61 Å². The first-order valence-electron chi connectivity index (χ1n) is 14.0. The maximum absolute atomic E-state index is 13.4. The van der Waals surface area contributed by atoms with Crippen molar-refractivity contribution in [3.63, 3.8) is 0 Å². The fourth-order valence-corrected chi connectivity index (χ4v) is 4.55. The minimum Gasteiger partial charge on any atom is -0.493 e. The highest BCUT2D eigenvalue weighted by molar-refractivity contribution is 5.92. The van der Waals surface area contributed by atoms with Gasteiger partial charge in [-0.3, -0.25) is 4.90 Å². The number of carbonyl (C=O) groups is 2. The van der Waals surface area contributed by atoms with Crippen molar-refractivity contribution in [1.82, 2.24) is 9.80 Å². The quantitative estimate of drug-likeness (QED) is 0.287. The van der Waals surface area contributed by atoms with Gasteiger partial charge in [-0.05, 0) is 60.9 Å². The van der Waals surface area contributed by atoms with Crippen LogP contribution in [0.5, 0.6) is 11.5 Å². The van der Waals surface area contributed by atoms with Gasteiger partial charge in [-0.1, -0.05) is 36.4 Å². The van der Waals surface area contributed by atoms with Crippen LogP contribution in [-0.2, 0) is 22.6 Å². The van der Waals surface area contributed by atoms with E-state index in [1.165, 1.54) is 0 Å². The lowest BCUT2D eigenvalue weighted by Gasteiger charge is -2.28. The number of ether oxygens (including phenoxy) is 4. The highest BCUT2D eigenvalue weighted by Gasteiger charge is 2.18. The van der Waals surface area contributed by atoms with Gasteiger partial charge in [-0.2, -0.15) is 0 Å². The van der Waals surface area contributed by atoms with Crippen LogP contribution in [0.25, 0.3) is 0 Å². The smallest absolute Gasteiger partial charge is 0.338 e. The Hall–Kier alpha value is -4.08. The fraction of sp³-hybridized carbons (Fsp3) is 0.375. The standard InChI is InChI=1S/C32H39N3O6/c1-3-40-31(36)27-11-13-28(14-12-27)33-32(37)35(17-7-16-34-18-20-39-21-19-34)23-26-10-15-29(30(22-26)38-2)41-24-25-8-5-4-6-9-25/h4-6,8-15,22H,3,7,16-21,23-24H2,1-2H3,(H,33,37). The van der Waals surface area contributed by atoms with E-state index in [2.05, 4.69) is 10.2 Å². The van der Waals surface area contributed by atoms with Gasteiger partial charge in [0, 0.05) is 38.4 Å². The van der Waals surface area contributed by atoms with Crippen LogP contribution in [0.2, 0.25) is 0 Å². The third-order valence-corrected chi connectivity index (χ3v) is 6.78. The van der Waals surface area contributed by atoms with E-state index in [0.717, 1.165) is 50.4 Å². The molecule has 1 heterocycles. The number of carbonyl (C=O) groups excluding carboxylic acids is 2. The van der Waals surface area contributed by atoms with Crippen LogP contribution in [0.4, 0.5) is 10.5 Å². The molecule has 9 heteroatoms. The Balaban J connectivity index is 1.43. The molecule has 0 spiro atoms. The van der Waals surface area contributed by atoms with Gasteiger partial charge in [-0.15, -0.1) is 0 Å². The highest BCUT2D eigenvalue weighted by Crippen LogP contribution is 2.29. The average molecular weight is 562 g/mol. The van der Waals surface area contributed by atoms with Gasteiger partial charge in [0.25, 0.3) is 0 Å². The molecule has 1 aliphatic heterocycles. The second-order valence-electron chi connectivity index (χ2n) is 9.72. The summed E-state index contributed by atoms with van der Waals surface area (Å²) in [6.07, 6.45) is 0.824. The van der Waals surface area contributed by atoms with Gasteiger partial charge in [-0.25, -0.2) is 9.59 Å². The first-order chi connectivity index (χ1) is 20.1. The minimum absolute atomic E-state index is 0.223. The average Bonchev–Trinajstić information content (AvgIpc) is 3.01. The number of hydrogen-bond donors (Lipinski definition) is 1. The largest absolute Gasteiger partial charge is 0.493 e. The molecule has 0 bridgehead atoms. The zero-order valence-electron chi connectivity index (χ0n) is 23.8. The van der Waals surface area contributed by atoms with E-state index in [1.807, 2.05) is 48.5 Å². The Morgan fingerprint density at radius 2 is 1.71 bits per heavy atom. The number of benzene rings is 3. The summed E-state index contributed by atoms with van der Waals surface area (Å²) in [7, 11) is 1.61. The zero-order valence-corrected chi connectivity index (χ0v) is 23.8. The molecular weight excluding hydrogens is 522 g/mol. The monoisotopic (exact) mass is 561 g/mol. The number of anilines is 1. The lowest BCUT2D eigenvalue weighted by atomic mass is 10.1. The van der Waals surface area contributed by atoms with Crippen LogP contribution < -0.4 is 14.8 Å². The fourth-order valence-electron chi connectivity index (χ4n) is 4.55. The van der Waals surface area contributed by atoms with Gasteiger partial charge in [0.05, 0.1) is 32.5 Å². The van der Waals surface area contributed by atoms with Crippen LogP contribution >= 0.6 is 0 Å². The molecule has 41 heavy (non-hydrogen) atoms. The molecule has 2 amide bonds. The molecule has 0 saturated carbocycles. The number of hydrogen-bond acceptors (Lipinski definition) is 7. The maximum Gasteiger partial charge on any atom is 0.338 e. The molecule has 3 aromatic carbocycles. The Morgan fingerprint density at radius 1 is 0.951 bits per heavy atom. The van der Waals surface area contributed by atoms with Gasteiger partial charge < -0.3 is 29.2 Å². The number of nitrogens with zero attached hydrogens (tertiary/aromatic N) is 2. The SMILES string of the molecule is CCOC(=O)c1ccc(NC(=O)N(CCCN2CCOCC2)Cc2ccc(OCc3ccccc3)c(OC)c2)cc1. The third kappa shape index (κ3) is 9.23. The maximum atomic E-state index is 13.4. The summed E-state index contributed by atoms with van der Waals surface area (Å²) >= 11 is 0. The van der Waals surface area contributed by atoms with Crippen molar-refractivity contribution in [2.75, 3.05) is 58.4 Å². The van der Waals surface area contributed by atoms with E-state index >= 15 is 0 Å². The molecule has 4 rings (SSSR count). The number of rotatable bonds is 13. The summed E-state index contributed by atoms with van der Waals surface area (Å²) < 4.78 is 22.1. The molecular formula is C32H39N3O6. The predicted octanol–water partition coefficient (Wildman–Crippen LogP) is 5.21. The summed E-state index contributed by atoms with van der Waals surface area (Å²) in [5, 5.41) is 2.97. The normalized spacial score (nSPS) is 13.3. The lowest BCUT2D eigenvalue weighted by molar-refractivity contribution is 0.0365. The lowest BCUT2D eigenvalue weighted by Crippen LogP contribution is -2.40. The van der Waals surface area contributed by atoms with E-state index in [1.54, 1.807) is 43.2 Å². The number of urea groups is 1. The van der Waals surface area contributed by atoms with E-state index in [0.29, 0.717) is 49.1 Å².